The fourth-order valence-electron chi connectivity index (χ4n) is 2.74. The van der Waals surface area contributed by atoms with Gasteiger partial charge in [-0.1, -0.05) is 13.8 Å². The van der Waals surface area contributed by atoms with Crippen LogP contribution in [0.4, 0.5) is 5.13 Å². The topological polar surface area (TPSA) is 75.2 Å². The highest BCUT2D eigenvalue weighted by atomic mass is 32.1. The molecule has 2 aromatic rings. The van der Waals surface area contributed by atoms with Crippen LogP contribution < -0.4 is 5.32 Å². The van der Waals surface area contributed by atoms with Crippen molar-refractivity contribution in [2.45, 2.75) is 38.6 Å². The molecule has 0 radical (unpaired) electrons. The Kier molecular flexibility index (Phi) is 4.89. The zero-order valence-corrected chi connectivity index (χ0v) is 14.5. The largest absolute Gasteiger partial charge is 0.327 e. The number of anilines is 1. The number of aromatic nitrogens is 2. The number of rotatable bonds is 4. The van der Waals surface area contributed by atoms with Crippen LogP contribution in [-0.2, 0) is 4.79 Å². The van der Waals surface area contributed by atoms with Crippen LogP contribution in [0.5, 0.6) is 0 Å². The van der Waals surface area contributed by atoms with Crippen molar-refractivity contribution in [2.75, 3.05) is 11.9 Å². The van der Waals surface area contributed by atoms with E-state index < -0.39 is 6.04 Å². The summed E-state index contributed by atoms with van der Waals surface area (Å²) in [7, 11) is 0. The third-order valence-corrected chi connectivity index (χ3v) is 4.86. The van der Waals surface area contributed by atoms with Gasteiger partial charge in [-0.3, -0.25) is 14.6 Å². The maximum absolute atomic E-state index is 12.6. The Morgan fingerprint density at radius 3 is 2.75 bits per heavy atom. The lowest BCUT2D eigenvalue weighted by molar-refractivity contribution is -0.119. The molecular formula is C17H20N4O2S. The zero-order chi connectivity index (χ0) is 17.1. The van der Waals surface area contributed by atoms with Crippen molar-refractivity contribution >= 4 is 28.3 Å². The van der Waals surface area contributed by atoms with Crippen molar-refractivity contribution < 1.29 is 9.59 Å². The van der Waals surface area contributed by atoms with Gasteiger partial charge in [0.05, 0.1) is 5.69 Å². The molecule has 1 fully saturated rings. The minimum absolute atomic E-state index is 0.128. The molecule has 126 valence electrons. The van der Waals surface area contributed by atoms with Crippen LogP contribution in [-0.4, -0.2) is 39.3 Å². The van der Waals surface area contributed by atoms with E-state index in [4.69, 9.17) is 0 Å². The van der Waals surface area contributed by atoms with Crippen molar-refractivity contribution in [3.8, 4) is 0 Å². The van der Waals surface area contributed by atoms with E-state index >= 15 is 0 Å². The molecule has 7 heteroatoms. The molecule has 3 heterocycles. The molecule has 1 N–H and O–H groups in total. The van der Waals surface area contributed by atoms with E-state index in [-0.39, 0.29) is 11.8 Å². The molecule has 2 amide bonds. The number of hydrogen-bond donors (Lipinski definition) is 1. The first-order valence-electron chi connectivity index (χ1n) is 8.03. The van der Waals surface area contributed by atoms with Gasteiger partial charge in [-0.25, -0.2) is 4.98 Å². The molecule has 0 aromatic carbocycles. The van der Waals surface area contributed by atoms with Gasteiger partial charge in [0.2, 0.25) is 5.91 Å². The molecule has 1 aliphatic rings. The van der Waals surface area contributed by atoms with Crippen LogP contribution in [0.1, 0.15) is 48.7 Å². The average Bonchev–Trinajstić information content (AvgIpc) is 3.24. The summed E-state index contributed by atoms with van der Waals surface area (Å²) in [6, 6.07) is 2.90. The highest BCUT2D eigenvalue weighted by molar-refractivity contribution is 7.13. The van der Waals surface area contributed by atoms with Crippen LogP contribution in [0.2, 0.25) is 0 Å². The Labute approximate surface area is 144 Å². The fourth-order valence-corrected chi connectivity index (χ4v) is 3.62. The lowest BCUT2D eigenvalue weighted by Gasteiger charge is -2.23. The van der Waals surface area contributed by atoms with Gasteiger partial charge in [-0.15, -0.1) is 11.3 Å². The van der Waals surface area contributed by atoms with Gasteiger partial charge in [0.1, 0.15) is 6.04 Å². The number of likely N-dealkylation sites (tertiary alicyclic amines) is 1. The second-order valence-electron chi connectivity index (χ2n) is 6.11. The Morgan fingerprint density at radius 1 is 1.33 bits per heavy atom. The second-order valence-corrected chi connectivity index (χ2v) is 6.97. The quantitative estimate of drug-likeness (QED) is 0.925. The van der Waals surface area contributed by atoms with Gasteiger partial charge in [0.25, 0.3) is 5.91 Å². The van der Waals surface area contributed by atoms with E-state index in [2.05, 4.69) is 29.1 Å². The molecule has 0 spiro atoms. The lowest BCUT2D eigenvalue weighted by Crippen LogP contribution is -2.43. The summed E-state index contributed by atoms with van der Waals surface area (Å²) in [5.74, 6) is 0.0276. The number of amides is 2. The molecule has 3 rings (SSSR count). The Balaban J connectivity index is 1.70. The summed E-state index contributed by atoms with van der Waals surface area (Å²) >= 11 is 1.42. The van der Waals surface area contributed by atoms with Gasteiger partial charge < -0.3 is 10.2 Å². The first kappa shape index (κ1) is 16.6. The predicted octanol–water partition coefficient (Wildman–Crippen LogP) is 2.90. The standard InChI is InChI=1S/C17H20N4O2S/c1-11(2)13-10-24-17(19-13)20-15(22)14-4-3-9-21(14)16(23)12-5-7-18-8-6-12/h5-8,10-11,14H,3-4,9H2,1-2H3,(H,19,20,22)/t14-/m0/s1. The fraction of sp³-hybridized carbons (Fsp3) is 0.412. The summed E-state index contributed by atoms with van der Waals surface area (Å²) in [6.45, 7) is 4.72. The Morgan fingerprint density at radius 2 is 2.08 bits per heavy atom. The van der Waals surface area contributed by atoms with E-state index in [1.54, 1.807) is 29.4 Å². The maximum Gasteiger partial charge on any atom is 0.254 e. The van der Waals surface area contributed by atoms with Crippen LogP contribution in [0.25, 0.3) is 0 Å². The second kappa shape index (κ2) is 7.09. The summed E-state index contributed by atoms with van der Waals surface area (Å²) in [6.07, 6.45) is 4.66. The van der Waals surface area contributed by atoms with E-state index in [9.17, 15) is 9.59 Å². The number of nitrogens with one attached hydrogen (secondary N) is 1. The van der Waals surface area contributed by atoms with E-state index in [0.717, 1.165) is 12.1 Å². The van der Waals surface area contributed by atoms with Crippen molar-refractivity contribution in [1.29, 1.82) is 0 Å². The van der Waals surface area contributed by atoms with Crippen molar-refractivity contribution in [3.63, 3.8) is 0 Å². The van der Waals surface area contributed by atoms with E-state index in [1.807, 2.05) is 5.38 Å². The van der Waals surface area contributed by atoms with Crippen LogP contribution in [0, 0.1) is 0 Å². The normalized spacial score (nSPS) is 17.3. The summed E-state index contributed by atoms with van der Waals surface area (Å²) in [5, 5.41) is 5.40. The number of carbonyl (C=O) groups is 2. The third kappa shape index (κ3) is 3.46. The zero-order valence-electron chi connectivity index (χ0n) is 13.7. The molecule has 24 heavy (non-hydrogen) atoms. The molecule has 1 aliphatic heterocycles. The van der Waals surface area contributed by atoms with Crippen molar-refractivity contribution in [3.05, 3.63) is 41.2 Å². The summed E-state index contributed by atoms with van der Waals surface area (Å²) < 4.78 is 0. The first-order chi connectivity index (χ1) is 11.6. The smallest absolute Gasteiger partial charge is 0.254 e. The highest BCUT2D eigenvalue weighted by Gasteiger charge is 2.34. The van der Waals surface area contributed by atoms with Gasteiger partial charge >= 0.3 is 0 Å². The molecule has 1 saturated heterocycles. The molecule has 0 aliphatic carbocycles. The Bertz CT molecular complexity index is 729. The van der Waals surface area contributed by atoms with E-state index in [0.29, 0.717) is 29.6 Å². The van der Waals surface area contributed by atoms with Crippen LogP contribution in [0.3, 0.4) is 0 Å². The number of carbonyl (C=O) groups excluding carboxylic acids is 2. The first-order valence-corrected chi connectivity index (χ1v) is 8.91. The summed E-state index contributed by atoms with van der Waals surface area (Å²) in [5.41, 5.74) is 1.52. The van der Waals surface area contributed by atoms with Crippen molar-refractivity contribution in [2.24, 2.45) is 0 Å². The molecule has 0 unspecified atom stereocenters. The summed E-state index contributed by atoms with van der Waals surface area (Å²) in [4.78, 5) is 35.2. The van der Waals surface area contributed by atoms with Gasteiger partial charge in [0, 0.05) is 29.9 Å². The molecular weight excluding hydrogens is 324 g/mol. The SMILES string of the molecule is CC(C)c1csc(NC(=O)[C@@H]2CCCN2C(=O)c2ccncc2)n1. The van der Waals surface area contributed by atoms with Gasteiger partial charge in [-0.2, -0.15) is 0 Å². The molecule has 1 atom stereocenters. The monoisotopic (exact) mass is 344 g/mol. The minimum atomic E-state index is -0.447. The number of pyridine rings is 1. The number of thiazole rings is 1. The lowest BCUT2D eigenvalue weighted by atomic mass is 10.2. The number of hydrogen-bond acceptors (Lipinski definition) is 5. The average molecular weight is 344 g/mol. The van der Waals surface area contributed by atoms with Crippen LogP contribution in [0.15, 0.2) is 29.9 Å². The Hall–Kier alpha value is -2.28. The molecule has 6 nitrogen and oxygen atoms in total. The van der Waals surface area contributed by atoms with Crippen LogP contribution >= 0.6 is 11.3 Å². The van der Waals surface area contributed by atoms with Gasteiger partial charge in [0.15, 0.2) is 5.13 Å². The van der Waals surface area contributed by atoms with Crippen molar-refractivity contribution in [1.82, 2.24) is 14.9 Å². The predicted molar refractivity (Wildman–Crippen MR) is 93.1 cm³/mol. The van der Waals surface area contributed by atoms with E-state index in [1.165, 1.54) is 11.3 Å². The maximum atomic E-state index is 12.6. The minimum Gasteiger partial charge on any atom is -0.327 e. The molecule has 2 aromatic heterocycles. The highest BCUT2D eigenvalue weighted by Crippen LogP contribution is 2.24. The third-order valence-electron chi connectivity index (χ3n) is 4.09. The molecule has 0 saturated carbocycles. The number of nitrogens with zero attached hydrogens (tertiary/aromatic N) is 3. The molecule has 0 bridgehead atoms. The van der Waals surface area contributed by atoms with Gasteiger partial charge in [-0.05, 0) is 30.9 Å².